The molecule has 0 aliphatic heterocycles. The molecule has 0 bridgehead atoms. The lowest BCUT2D eigenvalue weighted by molar-refractivity contribution is -0.121. The molecule has 138 valence electrons. The molecule has 1 aliphatic rings. The van der Waals surface area contributed by atoms with Crippen molar-refractivity contribution in [2.45, 2.75) is 51.4 Å². The van der Waals surface area contributed by atoms with Crippen molar-refractivity contribution < 1.29 is 4.79 Å². The average Bonchev–Trinajstić information content (AvgIpc) is 3.27. The van der Waals surface area contributed by atoms with Crippen LogP contribution >= 0.6 is 11.6 Å². The highest BCUT2D eigenvalue weighted by Gasteiger charge is 2.32. The number of aryl methyl sites for hydroxylation is 1. The molecule has 2 aromatic rings. The normalized spacial score (nSPS) is 20.3. The standard InChI is InChI=1S/C20H25ClN4O/c21-17-7-5-6-15(14-17)10-11-16-12-13-19(26)18(16)8-3-1-2-4-9-20-22-24-25-23-20/h5-7,10-11,14,16,18H,1-4,8-9,12-13H2,(H,22,23,24,25)/t16-,18+/m0/s1. The van der Waals surface area contributed by atoms with Crippen molar-refractivity contribution >= 4 is 23.5 Å². The van der Waals surface area contributed by atoms with Gasteiger partial charge in [0.15, 0.2) is 5.82 Å². The molecule has 1 N–H and O–H groups in total. The van der Waals surface area contributed by atoms with Crippen LogP contribution in [0.3, 0.4) is 0 Å². The Balaban J connectivity index is 1.41. The highest BCUT2D eigenvalue weighted by atomic mass is 35.5. The van der Waals surface area contributed by atoms with E-state index in [4.69, 9.17) is 11.6 Å². The summed E-state index contributed by atoms with van der Waals surface area (Å²) in [5.74, 6) is 1.75. The maximum absolute atomic E-state index is 12.2. The van der Waals surface area contributed by atoms with Crippen LogP contribution in [0.25, 0.3) is 6.08 Å². The van der Waals surface area contributed by atoms with Crippen molar-refractivity contribution in [3.05, 3.63) is 46.8 Å². The quantitative estimate of drug-likeness (QED) is 0.650. The molecule has 1 heterocycles. The van der Waals surface area contributed by atoms with Gasteiger partial charge in [-0.2, -0.15) is 5.21 Å². The molecule has 5 nitrogen and oxygen atoms in total. The van der Waals surface area contributed by atoms with Gasteiger partial charge in [-0.1, -0.05) is 60.4 Å². The number of aromatic nitrogens is 4. The van der Waals surface area contributed by atoms with Crippen LogP contribution in [0.2, 0.25) is 5.02 Å². The molecule has 1 aromatic carbocycles. The van der Waals surface area contributed by atoms with E-state index in [1.54, 1.807) is 0 Å². The van der Waals surface area contributed by atoms with Crippen LogP contribution in [0.5, 0.6) is 0 Å². The number of rotatable bonds is 9. The van der Waals surface area contributed by atoms with E-state index in [-0.39, 0.29) is 5.92 Å². The lowest BCUT2D eigenvalue weighted by Crippen LogP contribution is -2.13. The van der Waals surface area contributed by atoms with Crippen molar-refractivity contribution in [2.75, 3.05) is 0 Å². The molecule has 0 amide bonds. The lowest BCUT2D eigenvalue weighted by Gasteiger charge is -2.14. The number of unbranched alkanes of at least 4 members (excludes halogenated alkanes) is 3. The highest BCUT2D eigenvalue weighted by molar-refractivity contribution is 6.30. The Morgan fingerprint density at radius 2 is 2.12 bits per heavy atom. The minimum atomic E-state index is 0.183. The number of benzene rings is 1. The smallest absolute Gasteiger partial charge is 0.174 e. The maximum Gasteiger partial charge on any atom is 0.174 e. The third kappa shape index (κ3) is 5.49. The van der Waals surface area contributed by atoms with E-state index in [2.05, 4.69) is 32.8 Å². The van der Waals surface area contributed by atoms with Gasteiger partial charge in [-0.15, -0.1) is 10.2 Å². The third-order valence-electron chi connectivity index (χ3n) is 5.09. The maximum atomic E-state index is 12.2. The SMILES string of the molecule is O=C1CC[C@H](C=Cc2cccc(Cl)c2)[C@H]1CCCCCCc1nn[nH]n1. The molecule has 1 fully saturated rings. The fourth-order valence-corrected chi connectivity index (χ4v) is 3.87. The summed E-state index contributed by atoms with van der Waals surface area (Å²) >= 11 is 6.03. The number of halogens is 1. The summed E-state index contributed by atoms with van der Waals surface area (Å²) in [5.41, 5.74) is 1.09. The molecular weight excluding hydrogens is 348 g/mol. The fraction of sp³-hybridized carbons (Fsp3) is 0.500. The number of carbonyl (C=O) groups is 1. The monoisotopic (exact) mass is 372 g/mol. The second-order valence-electron chi connectivity index (χ2n) is 6.97. The van der Waals surface area contributed by atoms with E-state index in [0.717, 1.165) is 61.4 Å². The first-order chi connectivity index (χ1) is 12.7. The van der Waals surface area contributed by atoms with Gasteiger partial charge >= 0.3 is 0 Å². The first kappa shape index (κ1) is 18.8. The summed E-state index contributed by atoms with van der Waals surface area (Å²) in [6, 6.07) is 7.82. The van der Waals surface area contributed by atoms with Gasteiger partial charge in [0.05, 0.1) is 0 Å². The molecule has 0 spiro atoms. The van der Waals surface area contributed by atoms with Gasteiger partial charge in [0.1, 0.15) is 5.78 Å². The number of carbonyl (C=O) groups excluding carboxylic acids is 1. The molecular formula is C20H25ClN4O. The predicted molar refractivity (Wildman–Crippen MR) is 103 cm³/mol. The second kappa shape index (κ2) is 9.62. The summed E-state index contributed by atoms with van der Waals surface area (Å²) < 4.78 is 0. The number of hydrogen-bond donors (Lipinski definition) is 1. The van der Waals surface area contributed by atoms with E-state index >= 15 is 0 Å². The Kier molecular flexibility index (Phi) is 6.95. The van der Waals surface area contributed by atoms with E-state index in [1.165, 1.54) is 0 Å². The molecule has 26 heavy (non-hydrogen) atoms. The average molecular weight is 373 g/mol. The summed E-state index contributed by atoms with van der Waals surface area (Å²) in [4.78, 5) is 12.2. The van der Waals surface area contributed by atoms with Gasteiger partial charge < -0.3 is 0 Å². The van der Waals surface area contributed by atoms with E-state index < -0.39 is 0 Å². The number of aromatic amines is 1. The second-order valence-corrected chi connectivity index (χ2v) is 7.41. The largest absolute Gasteiger partial charge is 0.299 e. The minimum Gasteiger partial charge on any atom is -0.299 e. The van der Waals surface area contributed by atoms with Gasteiger partial charge in [-0.25, -0.2) is 0 Å². The van der Waals surface area contributed by atoms with Gasteiger partial charge in [-0.3, -0.25) is 4.79 Å². The van der Waals surface area contributed by atoms with Crippen LogP contribution in [0.15, 0.2) is 30.3 Å². The van der Waals surface area contributed by atoms with Crippen LogP contribution < -0.4 is 0 Å². The van der Waals surface area contributed by atoms with Crippen molar-refractivity contribution in [3.8, 4) is 0 Å². The molecule has 2 atom stereocenters. The summed E-state index contributed by atoms with van der Waals surface area (Å²) in [6.07, 6.45) is 12.3. The molecule has 0 unspecified atom stereocenters. The molecule has 6 heteroatoms. The Morgan fingerprint density at radius 3 is 2.92 bits per heavy atom. The predicted octanol–water partition coefficient (Wildman–Crippen LogP) is 4.65. The number of nitrogens with one attached hydrogen (secondary N) is 1. The van der Waals surface area contributed by atoms with Crippen molar-refractivity contribution in [1.82, 2.24) is 20.6 Å². The molecule has 0 saturated heterocycles. The number of hydrogen-bond acceptors (Lipinski definition) is 4. The van der Waals surface area contributed by atoms with Gasteiger partial charge in [-0.05, 0) is 42.9 Å². The highest BCUT2D eigenvalue weighted by Crippen LogP contribution is 2.34. The summed E-state index contributed by atoms with van der Waals surface area (Å²) in [6.45, 7) is 0. The van der Waals surface area contributed by atoms with E-state index in [9.17, 15) is 4.79 Å². The number of allylic oxidation sites excluding steroid dienone is 1. The fourth-order valence-electron chi connectivity index (χ4n) is 3.67. The van der Waals surface area contributed by atoms with Gasteiger partial charge in [0, 0.05) is 23.8 Å². The minimum absolute atomic E-state index is 0.183. The van der Waals surface area contributed by atoms with Crippen LogP contribution in [-0.2, 0) is 11.2 Å². The van der Waals surface area contributed by atoms with Crippen molar-refractivity contribution in [2.24, 2.45) is 11.8 Å². The number of Topliss-reactive ketones (excluding diaryl/α,β-unsaturated/α-hetero) is 1. The van der Waals surface area contributed by atoms with Crippen molar-refractivity contribution in [1.29, 1.82) is 0 Å². The van der Waals surface area contributed by atoms with Gasteiger partial charge in [0.2, 0.25) is 0 Å². The Morgan fingerprint density at radius 1 is 1.23 bits per heavy atom. The number of nitrogens with zero attached hydrogens (tertiary/aromatic N) is 3. The first-order valence-electron chi connectivity index (χ1n) is 9.41. The zero-order chi connectivity index (χ0) is 18.2. The number of ketones is 1. The van der Waals surface area contributed by atoms with Crippen molar-refractivity contribution in [3.63, 3.8) is 0 Å². The zero-order valence-electron chi connectivity index (χ0n) is 14.9. The molecule has 1 saturated carbocycles. The lowest BCUT2D eigenvalue weighted by atomic mass is 9.89. The van der Waals surface area contributed by atoms with Crippen LogP contribution in [0.4, 0.5) is 0 Å². The van der Waals surface area contributed by atoms with Crippen LogP contribution in [0, 0.1) is 11.8 Å². The topological polar surface area (TPSA) is 71.5 Å². The van der Waals surface area contributed by atoms with E-state index in [1.807, 2.05) is 24.3 Å². The Bertz CT molecular complexity index is 729. The zero-order valence-corrected chi connectivity index (χ0v) is 15.7. The Labute approximate surface area is 159 Å². The van der Waals surface area contributed by atoms with E-state index in [0.29, 0.717) is 18.1 Å². The van der Waals surface area contributed by atoms with Gasteiger partial charge in [0.25, 0.3) is 0 Å². The molecule has 1 aliphatic carbocycles. The summed E-state index contributed by atoms with van der Waals surface area (Å²) in [7, 11) is 0. The third-order valence-corrected chi connectivity index (χ3v) is 5.33. The molecule has 3 rings (SSSR count). The van der Waals surface area contributed by atoms with Crippen LogP contribution in [0.1, 0.15) is 56.3 Å². The number of tetrazole rings is 1. The Hall–Kier alpha value is -2.01. The number of H-pyrrole nitrogens is 1. The molecule has 1 aromatic heterocycles. The molecule has 0 radical (unpaired) electrons. The summed E-state index contributed by atoms with van der Waals surface area (Å²) in [5, 5.41) is 14.7. The van der Waals surface area contributed by atoms with Crippen LogP contribution in [-0.4, -0.2) is 26.4 Å². The first-order valence-corrected chi connectivity index (χ1v) is 9.79.